The Hall–Kier alpha value is -7.62. The van der Waals surface area contributed by atoms with Crippen molar-refractivity contribution in [3.05, 3.63) is 230 Å². The maximum atomic E-state index is 5.35. The number of nitrogens with zero attached hydrogens (tertiary/aromatic N) is 3. The molecule has 274 valence electrons. The van der Waals surface area contributed by atoms with Gasteiger partial charge in [0.05, 0.1) is 16.7 Å². The minimum Gasteiger partial charge on any atom is -0.309 e. The van der Waals surface area contributed by atoms with Crippen LogP contribution in [0.2, 0.25) is 0 Å². The average molecular weight is 742 g/mol. The molecule has 0 aliphatic carbocycles. The third-order valence-corrected chi connectivity index (χ3v) is 11.2. The second-order valence-corrected chi connectivity index (χ2v) is 14.7. The quantitative estimate of drug-likeness (QED) is 0.0866. The Morgan fingerprint density at radius 3 is 1.72 bits per heavy atom. The van der Waals surface area contributed by atoms with Crippen molar-refractivity contribution in [2.75, 3.05) is 0 Å². The number of benzene rings is 8. The average Bonchev–Trinajstić information content (AvgIpc) is 3.62. The number of pyridine rings is 1. The van der Waals surface area contributed by atoms with Gasteiger partial charge in [0.15, 0.2) is 0 Å². The molecule has 2 heterocycles. The minimum atomic E-state index is 0.852. The molecule has 0 aliphatic rings. The Bertz CT molecular complexity index is 3170. The van der Waals surface area contributed by atoms with E-state index in [1.54, 1.807) is 0 Å². The fourth-order valence-corrected chi connectivity index (χ4v) is 8.46. The number of hydrogen-bond donors (Lipinski definition) is 0. The molecule has 0 aliphatic heterocycles. The van der Waals surface area contributed by atoms with Crippen molar-refractivity contribution in [2.45, 2.75) is 6.92 Å². The first-order valence-electron chi connectivity index (χ1n) is 19.7. The monoisotopic (exact) mass is 741 g/mol. The van der Waals surface area contributed by atoms with Crippen molar-refractivity contribution in [2.24, 2.45) is 4.99 Å². The third kappa shape index (κ3) is 6.20. The van der Waals surface area contributed by atoms with E-state index in [0.717, 1.165) is 66.7 Å². The van der Waals surface area contributed by atoms with Crippen LogP contribution in [0.3, 0.4) is 0 Å². The lowest BCUT2D eigenvalue weighted by Gasteiger charge is -2.18. The van der Waals surface area contributed by atoms with Gasteiger partial charge in [-0.25, -0.2) is 0 Å². The van der Waals surface area contributed by atoms with Crippen molar-refractivity contribution in [3.63, 3.8) is 0 Å². The van der Waals surface area contributed by atoms with E-state index in [9.17, 15) is 0 Å². The molecular weight excluding hydrogens is 703 g/mol. The molecule has 0 amide bonds. The first kappa shape index (κ1) is 34.8. The van der Waals surface area contributed by atoms with E-state index in [1.165, 1.54) is 38.2 Å². The van der Waals surface area contributed by atoms with Crippen LogP contribution in [0, 0.1) is 0 Å². The highest BCUT2D eigenvalue weighted by molar-refractivity contribution is 6.21. The molecule has 0 saturated heterocycles. The van der Waals surface area contributed by atoms with Gasteiger partial charge in [-0.05, 0) is 110 Å². The van der Waals surface area contributed by atoms with Crippen LogP contribution in [0.1, 0.15) is 23.6 Å². The number of para-hydroxylation sites is 1. The Morgan fingerprint density at radius 2 is 1.05 bits per heavy atom. The van der Waals surface area contributed by atoms with Crippen LogP contribution in [0.5, 0.6) is 0 Å². The lowest BCUT2D eigenvalue weighted by atomic mass is 9.85. The van der Waals surface area contributed by atoms with Gasteiger partial charge in [-0.2, -0.15) is 0 Å². The summed E-state index contributed by atoms with van der Waals surface area (Å²) in [6.07, 6.45) is 5.93. The predicted molar refractivity (Wildman–Crippen MR) is 247 cm³/mol. The van der Waals surface area contributed by atoms with E-state index < -0.39 is 0 Å². The molecular formula is C55H39N3. The van der Waals surface area contributed by atoms with Crippen molar-refractivity contribution >= 4 is 60.3 Å². The zero-order valence-corrected chi connectivity index (χ0v) is 32.2. The lowest BCUT2D eigenvalue weighted by Crippen LogP contribution is -1.97. The molecule has 8 aromatic carbocycles. The van der Waals surface area contributed by atoms with Crippen molar-refractivity contribution in [1.29, 1.82) is 0 Å². The van der Waals surface area contributed by atoms with Crippen molar-refractivity contribution in [3.8, 4) is 27.9 Å². The van der Waals surface area contributed by atoms with E-state index in [0.29, 0.717) is 0 Å². The van der Waals surface area contributed by atoms with Crippen LogP contribution >= 0.6 is 0 Å². The van der Waals surface area contributed by atoms with E-state index in [-0.39, 0.29) is 0 Å². The number of hydrogen-bond acceptors (Lipinski definition) is 2. The number of aromatic nitrogens is 2. The van der Waals surface area contributed by atoms with E-state index >= 15 is 0 Å². The molecule has 0 unspecified atom stereocenters. The molecule has 0 spiro atoms. The smallest absolute Gasteiger partial charge is 0.0711 e. The Morgan fingerprint density at radius 1 is 0.500 bits per heavy atom. The van der Waals surface area contributed by atoms with Gasteiger partial charge < -0.3 is 4.57 Å². The predicted octanol–water partition coefficient (Wildman–Crippen LogP) is 14.4. The molecule has 10 rings (SSSR count). The fourth-order valence-electron chi connectivity index (χ4n) is 8.46. The van der Waals surface area contributed by atoms with Gasteiger partial charge in [-0.15, -0.1) is 0 Å². The molecule has 3 heteroatoms. The van der Waals surface area contributed by atoms with Crippen molar-refractivity contribution in [1.82, 2.24) is 9.55 Å². The molecule has 58 heavy (non-hydrogen) atoms. The summed E-state index contributed by atoms with van der Waals surface area (Å²) >= 11 is 0. The van der Waals surface area contributed by atoms with Crippen LogP contribution in [0.15, 0.2) is 218 Å². The van der Waals surface area contributed by atoms with Crippen LogP contribution in [0.4, 0.5) is 0 Å². The minimum absolute atomic E-state index is 0.852. The highest BCUT2D eigenvalue weighted by atomic mass is 15.0. The number of allylic oxidation sites excluding steroid dienone is 2. The zero-order valence-electron chi connectivity index (χ0n) is 32.2. The van der Waals surface area contributed by atoms with E-state index in [4.69, 9.17) is 4.99 Å². The topological polar surface area (TPSA) is 30.2 Å². The first-order chi connectivity index (χ1) is 28.6. The summed E-state index contributed by atoms with van der Waals surface area (Å²) in [4.78, 5) is 9.85. The lowest BCUT2D eigenvalue weighted by molar-refractivity contribution is 1.17. The van der Waals surface area contributed by atoms with Gasteiger partial charge in [0.2, 0.25) is 0 Å². The number of rotatable bonds is 8. The maximum absolute atomic E-state index is 5.35. The van der Waals surface area contributed by atoms with Crippen LogP contribution in [-0.4, -0.2) is 15.3 Å². The van der Waals surface area contributed by atoms with E-state index in [2.05, 4.69) is 205 Å². The SMILES string of the molecule is C=C(/C=C(\N=C(/C)c1cccc(-c2c3ccccc3c(-c3ccccc3)c3ccccc23)c1)c1ccccc1)c1ccc2c(c1)c1cnccc1n2-c1ccccc1. The van der Waals surface area contributed by atoms with Crippen LogP contribution in [-0.2, 0) is 0 Å². The van der Waals surface area contributed by atoms with E-state index in [1.807, 2.05) is 24.5 Å². The fraction of sp³-hybridized carbons (Fsp3) is 0.0182. The highest BCUT2D eigenvalue weighted by Crippen LogP contribution is 2.44. The zero-order chi connectivity index (χ0) is 39.0. The summed E-state index contributed by atoms with van der Waals surface area (Å²) in [5.41, 5.74) is 14.0. The van der Waals surface area contributed by atoms with Gasteiger partial charge >= 0.3 is 0 Å². The third-order valence-electron chi connectivity index (χ3n) is 11.2. The molecule has 0 radical (unpaired) electrons. The van der Waals surface area contributed by atoms with Crippen LogP contribution < -0.4 is 0 Å². The molecule has 0 atom stereocenters. The highest BCUT2D eigenvalue weighted by Gasteiger charge is 2.18. The maximum Gasteiger partial charge on any atom is 0.0711 e. The molecule has 2 aromatic heterocycles. The summed E-state index contributed by atoms with van der Waals surface area (Å²) in [7, 11) is 0. The van der Waals surface area contributed by atoms with Gasteiger partial charge in [0.1, 0.15) is 0 Å². The molecule has 10 aromatic rings. The molecule has 0 fully saturated rings. The van der Waals surface area contributed by atoms with Gasteiger partial charge in [0.25, 0.3) is 0 Å². The summed E-state index contributed by atoms with van der Waals surface area (Å²) < 4.78 is 2.30. The molecule has 0 saturated carbocycles. The summed E-state index contributed by atoms with van der Waals surface area (Å²) in [6, 6.07) is 66.7. The first-order valence-corrected chi connectivity index (χ1v) is 19.7. The Labute approximate surface area is 338 Å². The second-order valence-electron chi connectivity index (χ2n) is 14.7. The van der Waals surface area contributed by atoms with Gasteiger partial charge in [-0.1, -0.05) is 158 Å². The second kappa shape index (κ2) is 14.8. The standard InChI is InChI=1S/C55H39N3/c1-37(41-29-30-52-49(35-41)50-36-56-32-31-53(50)58(52)44-23-10-5-11-24-44)33-51(39-17-6-3-7-18-39)57-38(2)42-21-16-22-43(34-42)55-47-27-14-12-25-45(47)54(40-19-8-4-9-20-40)46-26-13-15-28-48(46)55/h3-36H,1H2,2H3/b51-33-,57-38+. The van der Waals surface area contributed by atoms with Crippen molar-refractivity contribution < 1.29 is 0 Å². The summed E-state index contributed by atoms with van der Waals surface area (Å²) in [5.74, 6) is 0. The molecule has 0 bridgehead atoms. The normalized spacial score (nSPS) is 12.2. The summed E-state index contributed by atoms with van der Waals surface area (Å²) in [6.45, 7) is 6.70. The van der Waals surface area contributed by atoms with Gasteiger partial charge in [-0.3, -0.25) is 9.98 Å². The van der Waals surface area contributed by atoms with Gasteiger partial charge in [0, 0.05) is 40.1 Å². The Balaban J connectivity index is 1.07. The number of aliphatic imine (C=N–C) groups is 1. The van der Waals surface area contributed by atoms with Crippen LogP contribution in [0.25, 0.3) is 82.6 Å². The largest absolute Gasteiger partial charge is 0.309 e. The number of fused-ring (bicyclic) bond motifs is 5. The molecule has 3 nitrogen and oxygen atoms in total. The Kier molecular flexibility index (Phi) is 8.89. The summed E-state index contributed by atoms with van der Waals surface area (Å²) in [5, 5.41) is 7.18. The molecule has 0 N–H and O–H groups in total.